The number of aryl methyl sites for hydroxylation is 1. The third-order valence-corrected chi connectivity index (χ3v) is 5.00. The summed E-state index contributed by atoms with van der Waals surface area (Å²) in [6, 6.07) is 19.9. The Labute approximate surface area is 187 Å². The van der Waals surface area contributed by atoms with Crippen LogP contribution in [0.1, 0.15) is 39.0 Å². The van der Waals surface area contributed by atoms with Crippen LogP contribution in [0.4, 0.5) is 13.2 Å². The van der Waals surface area contributed by atoms with Gasteiger partial charge >= 0.3 is 6.18 Å². The van der Waals surface area contributed by atoms with Gasteiger partial charge < -0.3 is 0 Å². The van der Waals surface area contributed by atoms with Crippen LogP contribution in [0.15, 0.2) is 79.0 Å². The molecule has 0 aliphatic carbocycles. The van der Waals surface area contributed by atoms with Gasteiger partial charge in [-0.3, -0.25) is 19.7 Å². The Kier molecular flexibility index (Phi) is 6.23. The first-order valence-electron chi connectivity index (χ1n) is 9.98. The molecule has 2 heterocycles. The lowest BCUT2D eigenvalue weighted by Crippen LogP contribution is -2.27. The van der Waals surface area contributed by atoms with E-state index in [9.17, 15) is 18.0 Å². The number of carbonyl (C=O) groups excluding carboxylic acids is 1. The summed E-state index contributed by atoms with van der Waals surface area (Å²) in [4.78, 5) is 22.6. The van der Waals surface area contributed by atoms with Crippen LogP contribution in [0.25, 0.3) is 11.3 Å². The first-order valence-corrected chi connectivity index (χ1v) is 9.98. The molecule has 1 atom stereocenters. The number of nitrogens with one attached hydrogen (secondary N) is 2. The maximum atomic E-state index is 13.0. The maximum Gasteiger partial charge on any atom is 0.432 e. The zero-order valence-electron chi connectivity index (χ0n) is 17.4. The third kappa shape index (κ3) is 5.09. The summed E-state index contributed by atoms with van der Waals surface area (Å²) in [6.07, 6.45) is -3.74. The molecule has 0 fully saturated rings. The van der Waals surface area contributed by atoms with Gasteiger partial charge in [-0.15, -0.1) is 0 Å². The monoisotopic (exact) mass is 452 g/mol. The van der Waals surface area contributed by atoms with Gasteiger partial charge in [0.25, 0.3) is 5.91 Å². The molecule has 4 aromatic rings. The summed E-state index contributed by atoms with van der Waals surface area (Å²) in [6.45, 7) is 1.84. The molecule has 2 N–H and O–H groups in total. The molecule has 2 aromatic carbocycles. The number of H-pyrrole nitrogens is 1. The van der Waals surface area contributed by atoms with E-state index in [1.54, 1.807) is 72.9 Å². The van der Waals surface area contributed by atoms with Crippen LogP contribution >= 0.6 is 0 Å². The van der Waals surface area contributed by atoms with Crippen molar-refractivity contribution in [2.45, 2.75) is 19.2 Å². The number of alkyl halides is 3. The lowest BCUT2D eigenvalue weighted by molar-refractivity contribution is -0.141. The number of hydrogen-bond donors (Lipinski definition) is 2. The molecule has 33 heavy (non-hydrogen) atoms. The lowest BCUT2D eigenvalue weighted by atomic mass is 9.97. The zero-order valence-corrected chi connectivity index (χ0v) is 17.4. The quantitative estimate of drug-likeness (QED) is 0.392. The number of benzene rings is 2. The Hall–Kier alpha value is -3.98. The second-order valence-electron chi connectivity index (χ2n) is 7.29. The number of carbonyl (C=O) groups is 1. The lowest BCUT2D eigenvalue weighted by Gasteiger charge is -2.20. The molecule has 2 aromatic heterocycles. The van der Waals surface area contributed by atoms with Crippen molar-refractivity contribution < 1.29 is 22.8 Å². The van der Waals surface area contributed by atoms with Crippen LogP contribution in [0.3, 0.4) is 0 Å². The number of halogens is 3. The Bertz CT molecular complexity index is 1240. The number of amides is 1. The van der Waals surface area contributed by atoms with Gasteiger partial charge in [0.15, 0.2) is 6.10 Å². The van der Waals surface area contributed by atoms with Crippen molar-refractivity contribution in [2.75, 3.05) is 0 Å². The van der Waals surface area contributed by atoms with E-state index < -0.39 is 23.9 Å². The summed E-state index contributed by atoms with van der Waals surface area (Å²) >= 11 is 0. The van der Waals surface area contributed by atoms with Gasteiger partial charge in [-0.1, -0.05) is 36.4 Å². The largest absolute Gasteiger partial charge is 0.432 e. The maximum absolute atomic E-state index is 13.0. The predicted molar refractivity (Wildman–Crippen MR) is 115 cm³/mol. The number of aromatic nitrogens is 3. The molecule has 0 aliphatic heterocycles. The highest BCUT2D eigenvalue weighted by Gasteiger charge is 2.33. The minimum absolute atomic E-state index is 0.136. The first kappa shape index (κ1) is 22.2. The summed E-state index contributed by atoms with van der Waals surface area (Å²) in [7, 11) is 0. The van der Waals surface area contributed by atoms with Crippen LogP contribution in [0.5, 0.6) is 0 Å². The molecule has 0 aliphatic rings. The normalized spacial score (nSPS) is 12.4. The number of nitrogens with zero attached hydrogens (tertiary/aromatic N) is 2. The average Bonchev–Trinajstić information content (AvgIpc) is 3.32. The summed E-state index contributed by atoms with van der Waals surface area (Å²) < 4.78 is 39.0. The Balaban J connectivity index is 1.67. The third-order valence-electron chi connectivity index (χ3n) is 5.00. The molecule has 0 radical (unpaired) electrons. The molecule has 1 amide bonds. The topological polar surface area (TPSA) is 79.9 Å². The molecule has 0 saturated carbocycles. The van der Waals surface area contributed by atoms with Crippen molar-refractivity contribution in [3.8, 4) is 11.3 Å². The molecule has 4 rings (SSSR count). The summed E-state index contributed by atoms with van der Waals surface area (Å²) in [5.74, 6) is -0.438. The van der Waals surface area contributed by atoms with Crippen molar-refractivity contribution in [3.63, 3.8) is 0 Å². The predicted octanol–water partition coefficient (Wildman–Crippen LogP) is 5.25. The SMILES string of the molecule is Cc1ccc(-c2cc(C(F)(F)F)[nH]n2)cc1C(ONC(=O)c1ccccc1)c1ccccn1. The minimum Gasteiger partial charge on any atom is -0.273 e. The number of hydrogen-bond acceptors (Lipinski definition) is 4. The fourth-order valence-corrected chi connectivity index (χ4v) is 3.27. The van der Waals surface area contributed by atoms with E-state index >= 15 is 0 Å². The van der Waals surface area contributed by atoms with Gasteiger partial charge in [0.1, 0.15) is 5.69 Å². The highest BCUT2D eigenvalue weighted by Crippen LogP contribution is 2.33. The van der Waals surface area contributed by atoms with E-state index in [0.717, 1.165) is 11.6 Å². The van der Waals surface area contributed by atoms with Gasteiger partial charge in [0.2, 0.25) is 0 Å². The molecule has 0 spiro atoms. The molecule has 168 valence electrons. The Morgan fingerprint density at radius 2 is 1.79 bits per heavy atom. The fourth-order valence-electron chi connectivity index (χ4n) is 3.27. The second-order valence-corrected chi connectivity index (χ2v) is 7.29. The van der Waals surface area contributed by atoms with Crippen molar-refractivity contribution in [2.24, 2.45) is 0 Å². The zero-order chi connectivity index (χ0) is 23.4. The van der Waals surface area contributed by atoms with E-state index in [1.807, 2.05) is 12.0 Å². The van der Waals surface area contributed by atoms with Crippen molar-refractivity contribution in [1.29, 1.82) is 0 Å². The molecule has 0 saturated heterocycles. The first-order chi connectivity index (χ1) is 15.8. The Morgan fingerprint density at radius 1 is 1.03 bits per heavy atom. The summed E-state index contributed by atoms with van der Waals surface area (Å²) in [5, 5.41) is 5.82. The molecule has 1 unspecified atom stereocenters. The molecular formula is C24H19F3N4O2. The van der Waals surface area contributed by atoms with Gasteiger partial charge in [-0.05, 0) is 54.4 Å². The van der Waals surface area contributed by atoms with Crippen LogP contribution < -0.4 is 5.48 Å². The van der Waals surface area contributed by atoms with Crippen LogP contribution in [-0.4, -0.2) is 21.1 Å². The van der Waals surface area contributed by atoms with Gasteiger partial charge in [0, 0.05) is 17.3 Å². The standard InChI is InChI=1S/C24H19F3N4O2/c1-15-10-11-17(20-14-21(30-29-20)24(25,26)27)13-18(15)22(19-9-5-6-12-28-19)33-31-23(32)16-7-3-2-4-8-16/h2-14,22H,1H3,(H,29,30)(H,31,32). The van der Waals surface area contributed by atoms with Crippen molar-refractivity contribution in [1.82, 2.24) is 20.7 Å². The van der Waals surface area contributed by atoms with Crippen molar-refractivity contribution >= 4 is 5.91 Å². The Morgan fingerprint density at radius 3 is 2.45 bits per heavy atom. The molecule has 0 bridgehead atoms. The highest BCUT2D eigenvalue weighted by atomic mass is 19.4. The van der Waals surface area contributed by atoms with Gasteiger partial charge in [-0.25, -0.2) is 5.48 Å². The number of rotatable bonds is 6. The van der Waals surface area contributed by atoms with Gasteiger partial charge in [0.05, 0.1) is 11.4 Å². The minimum atomic E-state index is -4.53. The number of pyridine rings is 1. The average molecular weight is 452 g/mol. The van der Waals surface area contributed by atoms with E-state index in [4.69, 9.17) is 4.84 Å². The molecule has 9 heteroatoms. The van der Waals surface area contributed by atoms with E-state index in [1.165, 1.54) is 0 Å². The second kappa shape index (κ2) is 9.25. The summed E-state index contributed by atoms with van der Waals surface area (Å²) in [5.41, 5.74) is 4.47. The number of aromatic amines is 1. The smallest absolute Gasteiger partial charge is 0.273 e. The van der Waals surface area contributed by atoms with Crippen LogP contribution in [0, 0.1) is 6.92 Å². The molecular weight excluding hydrogens is 433 g/mol. The van der Waals surface area contributed by atoms with E-state index in [2.05, 4.69) is 15.6 Å². The number of hydroxylamine groups is 1. The fraction of sp³-hybridized carbons (Fsp3) is 0.125. The van der Waals surface area contributed by atoms with Gasteiger partial charge in [-0.2, -0.15) is 18.3 Å². The van der Waals surface area contributed by atoms with Crippen LogP contribution in [-0.2, 0) is 11.0 Å². The van der Waals surface area contributed by atoms with Crippen molar-refractivity contribution in [3.05, 3.63) is 107 Å². The van der Waals surface area contributed by atoms with E-state index in [-0.39, 0.29) is 5.69 Å². The van der Waals surface area contributed by atoms with Crippen LogP contribution in [0.2, 0.25) is 0 Å². The van der Waals surface area contributed by atoms with E-state index in [0.29, 0.717) is 22.4 Å². The highest BCUT2D eigenvalue weighted by molar-refractivity contribution is 5.93. The molecule has 6 nitrogen and oxygen atoms in total.